The zero-order valence-electron chi connectivity index (χ0n) is 13.1. The van der Waals surface area contributed by atoms with Gasteiger partial charge in [-0.3, -0.25) is 9.97 Å². The Balaban J connectivity index is 1.80. The summed E-state index contributed by atoms with van der Waals surface area (Å²) < 4.78 is 5.75. The van der Waals surface area contributed by atoms with Crippen molar-refractivity contribution in [2.24, 2.45) is 0 Å². The average molecular weight is 327 g/mol. The number of ether oxygens (including phenoxy) is 1. The fraction of sp³-hybridized carbons (Fsp3) is 0. The second-order valence-electron chi connectivity index (χ2n) is 5.14. The summed E-state index contributed by atoms with van der Waals surface area (Å²) in [5.74, 6) is 1.53. The predicted molar refractivity (Wildman–Crippen MR) is 92.8 cm³/mol. The van der Waals surface area contributed by atoms with Crippen molar-refractivity contribution in [1.29, 1.82) is 0 Å². The highest BCUT2D eigenvalue weighted by Crippen LogP contribution is 2.23. The Morgan fingerprint density at radius 3 is 2.28 bits per heavy atom. The van der Waals surface area contributed by atoms with Crippen LogP contribution in [0.4, 0.5) is 0 Å². The van der Waals surface area contributed by atoms with Crippen molar-refractivity contribution in [2.45, 2.75) is 0 Å². The van der Waals surface area contributed by atoms with Crippen LogP contribution in [-0.2, 0) is 0 Å². The van der Waals surface area contributed by atoms with E-state index in [1.54, 1.807) is 30.7 Å². The summed E-state index contributed by atoms with van der Waals surface area (Å²) in [4.78, 5) is 21.7. The molecule has 0 aliphatic carbocycles. The van der Waals surface area contributed by atoms with Crippen LogP contribution in [0.2, 0.25) is 0 Å². The van der Waals surface area contributed by atoms with Crippen LogP contribution in [0.3, 0.4) is 0 Å². The number of aromatic nitrogens is 5. The number of pyridine rings is 2. The van der Waals surface area contributed by atoms with Gasteiger partial charge in [-0.1, -0.05) is 36.4 Å². The molecule has 3 aromatic heterocycles. The molecule has 0 aliphatic heterocycles. The van der Waals surface area contributed by atoms with Gasteiger partial charge < -0.3 is 4.74 Å². The lowest BCUT2D eigenvalue weighted by atomic mass is 10.2. The number of nitrogens with zero attached hydrogens (tertiary/aromatic N) is 5. The van der Waals surface area contributed by atoms with E-state index in [4.69, 9.17) is 4.74 Å². The second kappa shape index (κ2) is 6.84. The summed E-state index contributed by atoms with van der Waals surface area (Å²) in [5.41, 5.74) is 1.52. The molecule has 0 amide bonds. The third kappa shape index (κ3) is 3.48. The Morgan fingerprint density at radius 1 is 0.680 bits per heavy atom. The molecule has 4 aromatic rings. The first-order valence-corrected chi connectivity index (χ1v) is 7.69. The summed E-state index contributed by atoms with van der Waals surface area (Å²) in [5, 5.41) is 0. The first-order valence-electron chi connectivity index (χ1n) is 7.69. The van der Waals surface area contributed by atoms with Gasteiger partial charge in [0, 0.05) is 18.0 Å². The van der Waals surface area contributed by atoms with Crippen LogP contribution in [0.5, 0.6) is 11.8 Å². The fourth-order valence-electron chi connectivity index (χ4n) is 2.24. The van der Waals surface area contributed by atoms with Crippen LogP contribution >= 0.6 is 0 Å². The van der Waals surface area contributed by atoms with Gasteiger partial charge in [0.25, 0.3) is 0 Å². The normalized spacial score (nSPS) is 10.4. The van der Waals surface area contributed by atoms with Crippen LogP contribution in [0, 0.1) is 0 Å². The zero-order valence-corrected chi connectivity index (χ0v) is 13.1. The molecule has 0 bridgehead atoms. The van der Waals surface area contributed by atoms with E-state index in [2.05, 4.69) is 24.9 Å². The quantitative estimate of drug-likeness (QED) is 0.568. The van der Waals surface area contributed by atoms with E-state index in [-0.39, 0.29) is 6.01 Å². The van der Waals surface area contributed by atoms with Crippen LogP contribution in [0.25, 0.3) is 22.9 Å². The molecular weight excluding hydrogens is 314 g/mol. The van der Waals surface area contributed by atoms with E-state index < -0.39 is 0 Å². The highest BCUT2D eigenvalue weighted by atomic mass is 16.5. The van der Waals surface area contributed by atoms with E-state index in [0.29, 0.717) is 23.1 Å². The smallest absolute Gasteiger partial charge is 0.326 e. The number of hydrogen-bond acceptors (Lipinski definition) is 6. The summed E-state index contributed by atoms with van der Waals surface area (Å²) in [6.45, 7) is 0. The van der Waals surface area contributed by atoms with Crippen molar-refractivity contribution < 1.29 is 4.74 Å². The van der Waals surface area contributed by atoms with Crippen LogP contribution in [-0.4, -0.2) is 24.9 Å². The van der Waals surface area contributed by atoms with Gasteiger partial charge in [0.05, 0.1) is 6.20 Å². The molecular formula is C19H13N5O. The van der Waals surface area contributed by atoms with Gasteiger partial charge >= 0.3 is 6.01 Å². The molecule has 3 heterocycles. The Labute approximate surface area is 144 Å². The summed E-state index contributed by atoms with van der Waals surface area (Å²) in [6.07, 6.45) is 4.98. The fourth-order valence-corrected chi connectivity index (χ4v) is 2.24. The average Bonchev–Trinajstić information content (AvgIpc) is 2.70. The zero-order chi connectivity index (χ0) is 16.9. The standard InChI is InChI=1S/C19H13N5O/c1-2-7-14(8-3-1)17-22-18(16-10-4-5-12-21-16)24-19(23-17)25-15-9-6-11-20-13-15/h1-13H. The Morgan fingerprint density at radius 2 is 1.52 bits per heavy atom. The molecule has 6 nitrogen and oxygen atoms in total. The highest BCUT2D eigenvalue weighted by molar-refractivity contribution is 5.59. The van der Waals surface area contributed by atoms with Crippen molar-refractivity contribution in [3.05, 3.63) is 79.3 Å². The first kappa shape index (κ1) is 14.9. The summed E-state index contributed by atoms with van der Waals surface area (Å²) >= 11 is 0. The first-order chi connectivity index (χ1) is 12.4. The molecule has 1 aromatic carbocycles. The van der Waals surface area contributed by atoms with Gasteiger partial charge in [-0.15, -0.1) is 0 Å². The predicted octanol–water partition coefficient (Wildman–Crippen LogP) is 3.79. The van der Waals surface area contributed by atoms with Crippen molar-refractivity contribution in [1.82, 2.24) is 24.9 Å². The molecule has 0 spiro atoms. The molecule has 0 saturated heterocycles. The third-order valence-corrected chi connectivity index (χ3v) is 3.38. The second-order valence-corrected chi connectivity index (χ2v) is 5.14. The van der Waals surface area contributed by atoms with Gasteiger partial charge in [-0.05, 0) is 24.3 Å². The van der Waals surface area contributed by atoms with E-state index in [0.717, 1.165) is 5.56 Å². The molecule has 0 fully saturated rings. The maximum Gasteiger partial charge on any atom is 0.326 e. The largest absolute Gasteiger partial charge is 0.423 e. The number of benzene rings is 1. The minimum absolute atomic E-state index is 0.197. The number of hydrogen-bond donors (Lipinski definition) is 0. The lowest BCUT2D eigenvalue weighted by Gasteiger charge is -2.08. The lowest BCUT2D eigenvalue weighted by molar-refractivity contribution is 0.439. The van der Waals surface area contributed by atoms with Gasteiger partial charge in [-0.25, -0.2) is 4.98 Å². The van der Waals surface area contributed by atoms with Gasteiger partial charge in [0.1, 0.15) is 11.4 Å². The van der Waals surface area contributed by atoms with E-state index in [9.17, 15) is 0 Å². The molecule has 0 radical (unpaired) electrons. The SMILES string of the molecule is c1ccc(-c2nc(Oc3cccnc3)nc(-c3ccccn3)n2)cc1. The van der Waals surface area contributed by atoms with E-state index in [1.165, 1.54) is 0 Å². The maximum atomic E-state index is 5.75. The van der Waals surface area contributed by atoms with Crippen molar-refractivity contribution in [3.8, 4) is 34.7 Å². The Bertz CT molecular complexity index is 905. The minimum Gasteiger partial charge on any atom is -0.423 e. The molecule has 0 N–H and O–H groups in total. The molecule has 0 unspecified atom stereocenters. The maximum absolute atomic E-state index is 5.75. The number of rotatable bonds is 4. The van der Waals surface area contributed by atoms with Crippen molar-refractivity contribution in [3.63, 3.8) is 0 Å². The molecule has 6 heteroatoms. The van der Waals surface area contributed by atoms with Crippen LogP contribution in [0.1, 0.15) is 0 Å². The van der Waals surface area contributed by atoms with E-state index in [1.807, 2.05) is 48.5 Å². The lowest BCUT2D eigenvalue weighted by Crippen LogP contribution is -2.01. The Hall–Kier alpha value is -3.67. The van der Waals surface area contributed by atoms with Crippen LogP contribution < -0.4 is 4.74 Å². The van der Waals surface area contributed by atoms with Gasteiger partial charge in [-0.2, -0.15) is 9.97 Å². The summed E-state index contributed by atoms with van der Waals surface area (Å²) in [7, 11) is 0. The van der Waals surface area contributed by atoms with Crippen molar-refractivity contribution in [2.75, 3.05) is 0 Å². The third-order valence-electron chi connectivity index (χ3n) is 3.38. The Kier molecular flexibility index (Phi) is 4.07. The van der Waals surface area contributed by atoms with Crippen LogP contribution in [0.15, 0.2) is 79.3 Å². The molecule has 0 atom stereocenters. The van der Waals surface area contributed by atoms with Gasteiger partial charge in [0.2, 0.25) is 0 Å². The molecule has 0 saturated carbocycles. The van der Waals surface area contributed by atoms with E-state index >= 15 is 0 Å². The monoisotopic (exact) mass is 327 g/mol. The van der Waals surface area contributed by atoms with Gasteiger partial charge in [0.15, 0.2) is 11.6 Å². The van der Waals surface area contributed by atoms with Crippen molar-refractivity contribution >= 4 is 0 Å². The minimum atomic E-state index is 0.197. The highest BCUT2D eigenvalue weighted by Gasteiger charge is 2.12. The molecule has 120 valence electrons. The molecule has 25 heavy (non-hydrogen) atoms. The topological polar surface area (TPSA) is 73.7 Å². The molecule has 0 aliphatic rings. The summed E-state index contributed by atoms with van der Waals surface area (Å²) in [6, 6.07) is 19.0. The molecule has 4 rings (SSSR count).